The summed E-state index contributed by atoms with van der Waals surface area (Å²) in [6.45, 7) is 2.62. The number of hydrogen-bond donors (Lipinski definition) is 2. The molecule has 5 nitrogen and oxygen atoms in total. The first-order valence-corrected chi connectivity index (χ1v) is 11.8. The van der Waals surface area contributed by atoms with E-state index in [1.54, 1.807) is 7.11 Å². The van der Waals surface area contributed by atoms with Crippen LogP contribution in [0.5, 0.6) is 5.75 Å². The van der Waals surface area contributed by atoms with Gasteiger partial charge in [-0.05, 0) is 61.1 Å². The molecule has 1 fully saturated rings. The summed E-state index contributed by atoms with van der Waals surface area (Å²) >= 11 is 5.89. The third kappa shape index (κ3) is 5.13. The van der Waals surface area contributed by atoms with E-state index >= 15 is 0 Å². The van der Waals surface area contributed by atoms with Crippen LogP contribution in [0.15, 0.2) is 59.4 Å². The number of methoxy groups -OCH3 is 1. The fraction of sp³-hybridized carbons (Fsp3) is 0.385. The van der Waals surface area contributed by atoms with Crippen LogP contribution in [0.1, 0.15) is 56.2 Å². The molecule has 4 rings (SSSR count). The summed E-state index contributed by atoms with van der Waals surface area (Å²) in [5.74, 6) is 0.727. The van der Waals surface area contributed by atoms with Gasteiger partial charge in [0.05, 0.1) is 25.2 Å². The SMILES string of the molecule is COc1ccc2cc(CN(C(=S)N[C@H](C)c3ccccc3)C3CCCCC3)c(=O)[nH]c2c1. The van der Waals surface area contributed by atoms with E-state index in [2.05, 4.69) is 34.3 Å². The Morgan fingerprint density at radius 3 is 2.62 bits per heavy atom. The predicted octanol–water partition coefficient (Wildman–Crippen LogP) is 5.31. The van der Waals surface area contributed by atoms with E-state index in [0.29, 0.717) is 17.7 Å². The summed E-state index contributed by atoms with van der Waals surface area (Å²) in [5, 5.41) is 5.21. The number of nitrogens with one attached hydrogen (secondary N) is 2. The van der Waals surface area contributed by atoms with E-state index in [1.807, 2.05) is 42.5 Å². The Morgan fingerprint density at radius 1 is 1.16 bits per heavy atom. The Bertz CT molecular complexity index is 1120. The number of fused-ring (bicyclic) bond motifs is 1. The van der Waals surface area contributed by atoms with E-state index in [-0.39, 0.29) is 11.6 Å². The highest BCUT2D eigenvalue weighted by atomic mass is 32.1. The Labute approximate surface area is 194 Å². The van der Waals surface area contributed by atoms with E-state index in [9.17, 15) is 4.79 Å². The largest absolute Gasteiger partial charge is 0.497 e. The van der Waals surface area contributed by atoms with Crippen molar-refractivity contribution in [2.24, 2.45) is 0 Å². The lowest BCUT2D eigenvalue weighted by molar-refractivity contribution is 0.233. The maximum absolute atomic E-state index is 12.9. The molecule has 6 heteroatoms. The van der Waals surface area contributed by atoms with Gasteiger partial charge in [0.2, 0.25) is 0 Å². The Balaban J connectivity index is 1.60. The van der Waals surface area contributed by atoms with Crippen LogP contribution in [0.3, 0.4) is 0 Å². The van der Waals surface area contributed by atoms with Crippen LogP contribution in [0.4, 0.5) is 0 Å². The zero-order valence-corrected chi connectivity index (χ0v) is 19.6. The first kappa shape index (κ1) is 22.3. The first-order valence-electron chi connectivity index (χ1n) is 11.4. The molecular weight excluding hydrogens is 418 g/mol. The van der Waals surface area contributed by atoms with Crippen molar-refractivity contribution in [1.29, 1.82) is 0 Å². The number of ether oxygens (including phenoxy) is 1. The van der Waals surface area contributed by atoms with Gasteiger partial charge in [0.1, 0.15) is 5.75 Å². The van der Waals surface area contributed by atoms with Crippen molar-refractivity contribution in [3.63, 3.8) is 0 Å². The molecule has 0 amide bonds. The number of rotatable bonds is 6. The van der Waals surface area contributed by atoms with Crippen molar-refractivity contribution in [3.05, 3.63) is 76.1 Å². The molecule has 1 aliphatic carbocycles. The molecule has 1 atom stereocenters. The third-order valence-electron chi connectivity index (χ3n) is 6.39. The van der Waals surface area contributed by atoms with Gasteiger partial charge in [-0.1, -0.05) is 49.6 Å². The molecule has 0 spiro atoms. The zero-order chi connectivity index (χ0) is 22.5. The Hall–Kier alpha value is -2.86. The second-order valence-electron chi connectivity index (χ2n) is 8.58. The topological polar surface area (TPSA) is 57.4 Å². The third-order valence-corrected chi connectivity index (χ3v) is 6.74. The minimum absolute atomic E-state index is 0.0783. The summed E-state index contributed by atoms with van der Waals surface area (Å²) in [7, 11) is 1.63. The molecule has 1 saturated carbocycles. The number of H-pyrrole nitrogens is 1. The van der Waals surface area contributed by atoms with Crippen molar-refractivity contribution >= 4 is 28.2 Å². The molecule has 0 unspecified atom stereocenters. The normalized spacial score (nSPS) is 15.3. The molecule has 1 heterocycles. The van der Waals surface area contributed by atoms with E-state index < -0.39 is 0 Å². The van der Waals surface area contributed by atoms with Crippen LogP contribution in [0.25, 0.3) is 10.9 Å². The van der Waals surface area contributed by atoms with Crippen LogP contribution in [-0.2, 0) is 6.54 Å². The van der Waals surface area contributed by atoms with E-state index in [1.165, 1.54) is 24.8 Å². The van der Waals surface area contributed by atoms with Crippen molar-refractivity contribution in [2.75, 3.05) is 7.11 Å². The fourth-order valence-corrected chi connectivity index (χ4v) is 4.90. The van der Waals surface area contributed by atoms with Crippen LogP contribution in [0.2, 0.25) is 0 Å². The number of thiocarbonyl (C=S) groups is 1. The molecule has 1 aromatic heterocycles. The molecule has 1 aliphatic rings. The second-order valence-corrected chi connectivity index (χ2v) is 8.97. The number of aromatic amines is 1. The maximum atomic E-state index is 12.9. The molecule has 0 aliphatic heterocycles. The van der Waals surface area contributed by atoms with Crippen LogP contribution < -0.4 is 15.6 Å². The second kappa shape index (κ2) is 10.2. The molecule has 168 valence electrons. The van der Waals surface area contributed by atoms with Gasteiger partial charge in [0, 0.05) is 17.7 Å². The fourth-order valence-electron chi connectivity index (χ4n) is 4.51. The van der Waals surface area contributed by atoms with Crippen LogP contribution >= 0.6 is 12.2 Å². The Kier molecular flexibility index (Phi) is 7.10. The lowest BCUT2D eigenvalue weighted by atomic mass is 9.94. The van der Waals surface area contributed by atoms with Crippen molar-refractivity contribution in [2.45, 2.75) is 57.7 Å². The van der Waals surface area contributed by atoms with Gasteiger partial charge in [-0.3, -0.25) is 4.79 Å². The highest BCUT2D eigenvalue weighted by molar-refractivity contribution is 7.80. The summed E-state index contributed by atoms with van der Waals surface area (Å²) in [6, 6.07) is 18.5. The van der Waals surface area contributed by atoms with E-state index in [4.69, 9.17) is 17.0 Å². The van der Waals surface area contributed by atoms with Crippen LogP contribution in [0, 0.1) is 0 Å². The molecule has 2 aromatic carbocycles. The average molecular weight is 450 g/mol. The van der Waals surface area contributed by atoms with Gasteiger partial charge in [-0.25, -0.2) is 0 Å². The minimum Gasteiger partial charge on any atom is -0.497 e. The molecule has 0 radical (unpaired) electrons. The van der Waals surface area contributed by atoms with Gasteiger partial charge in [0.25, 0.3) is 5.56 Å². The lowest BCUT2D eigenvalue weighted by Crippen LogP contribution is -2.47. The minimum atomic E-state index is -0.0783. The summed E-state index contributed by atoms with van der Waals surface area (Å²) in [5.41, 5.74) is 2.62. The van der Waals surface area contributed by atoms with Crippen molar-refractivity contribution < 1.29 is 4.74 Å². The molecular formula is C26H31N3O2S. The van der Waals surface area contributed by atoms with Crippen molar-refractivity contribution in [3.8, 4) is 5.75 Å². The number of benzene rings is 2. The average Bonchev–Trinajstić information content (AvgIpc) is 2.83. The monoisotopic (exact) mass is 449 g/mol. The lowest BCUT2D eigenvalue weighted by Gasteiger charge is -2.37. The van der Waals surface area contributed by atoms with Gasteiger partial charge < -0.3 is 19.9 Å². The molecule has 0 saturated heterocycles. The van der Waals surface area contributed by atoms with Crippen LogP contribution in [-0.4, -0.2) is 28.1 Å². The highest BCUT2D eigenvalue weighted by Crippen LogP contribution is 2.26. The summed E-state index contributed by atoms with van der Waals surface area (Å²) in [6.07, 6.45) is 5.87. The number of aromatic nitrogens is 1. The van der Waals surface area contributed by atoms with E-state index in [0.717, 1.165) is 35.1 Å². The number of nitrogens with zero attached hydrogens (tertiary/aromatic N) is 1. The standard InChI is InChI=1S/C26H31N3O2S/c1-18(19-9-5-3-6-10-19)27-26(32)29(22-11-7-4-8-12-22)17-21-15-20-13-14-23(31-2)16-24(20)28-25(21)30/h3,5-6,9-10,13-16,18,22H,4,7-8,11-12,17H2,1-2H3,(H,27,32)(H,28,30)/t18-/m1/s1. The zero-order valence-electron chi connectivity index (χ0n) is 18.8. The molecule has 0 bridgehead atoms. The van der Waals surface area contributed by atoms with Gasteiger partial charge in [0.15, 0.2) is 5.11 Å². The predicted molar refractivity (Wildman–Crippen MR) is 134 cm³/mol. The maximum Gasteiger partial charge on any atom is 0.253 e. The van der Waals surface area contributed by atoms with Gasteiger partial charge in [-0.15, -0.1) is 0 Å². The number of hydrogen-bond acceptors (Lipinski definition) is 3. The van der Waals surface area contributed by atoms with Crippen molar-refractivity contribution in [1.82, 2.24) is 15.2 Å². The molecule has 32 heavy (non-hydrogen) atoms. The van der Waals surface area contributed by atoms with Gasteiger partial charge in [-0.2, -0.15) is 0 Å². The molecule has 2 N–H and O–H groups in total. The summed E-state index contributed by atoms with van der Waals surface area (Å²) < 4.78 is 5.29. The van der Waals surface area contributed by atoms with Gasteiger partial charge >= 0.3 is 0 Å². The summed E-state index contributed by atoms with van der Waals surface area (Å²) in [4.78, 5) is 18.2. The Morgan fingerprint density at radius 2 is 1.91 bits per heavy atom. The number of pyridine rings is 1. The smallest absolute Gasteiger partial charge is 0.253 e. The highest BCUT2D eigenvalue weighted by Gasteiger charge is 2.25. The first-order chi connectivity index (χ1) is 15.5. The quantitative estimate of drug-likeness (QED) is 0.500. The molecule has 3 aromatic rings.